The number of rotatable bonds is 3. The SMILES string of the molecule is C1=C(c2cccc3c2-c2ccccc2C32c3ccccc3C3(c4ccccc4-c4ccccc43)c3ccccc32)N=C(c2ccccc2)CNCC1c1ccccc1. The van der Waals surface area contributed by atoms with Crippen LogP contribution in [0.15, 0.2) is 211 Å². The second-order valence-corrected chi connectivity index (χ2v) is 16.1. The molecule has 1 N–H and O–H groups in total. The molecule has 0 amide bonds. The van der Waals surface area contributed by atoms with Gasteiger partial charge in [-0.1, -0.05) is 200 Å². The maximum atomic E-state index is 5.65. The zero-order valence-electron chi connectivity index (χ0n) is 32.1. The monoisotopic (exact) mass is 740 g/mol. The van der Waals surface area contributed by atoms with Crippen LogP contribution in [-0.2, 0) is 10.8 Å². The van der Waals surface area contributed by atoms with Crippen molar-refractivity contribution in [2.24, 2.45) is 4.99 Å². The van der Waals surface area contributed by atoms with Crippen molar-refractivity contribution in [1.29, 1.82) is 0 Å². The van der Waals surface area contributed by atoms with Gasteiger partial charge in [0.2, 0.25) is 0 Å². The van der Waals surface area contributed by atoms with Gasteiger partial charge in [0.15, 0.2) is 0 Å². The highest BCUT2D eigenvalue weighted by Gasteiger charge is 2.59. The minimum absolute atomic E-state index is 0.150. The lowest BCUT2D eigenvalue weighted by atomic mass is 9.52. The Morgan fingerprint density at radius 3 is 1.41 bits per heavy atom. The Morgan fingerprint density at radius 2 is 0.828 bits per heavy atom. The highest BCUT2D eigenvalue weighted by molar-refractivity contribution is 6.06. The van der Waals surface area contributed by atoms with Gasteiger partial charge in [0.05, 0.1) is 22.2 Å². The fraction of sp³-hybridized carbons (Fsp3) is 0.0893. The van der Waals surface area contributed by atoms with Crippen LogP contribution in [0.1, 0.15) is 67.1 Å². The van der Waals surface area contributed by atoms with Gasteiger partial charge in [0, 0.05) is 24.6 Å². The van der Waals surface area contributed by atoms with E-state index < -0.39 is 10.8 Å². The molecule has 0 bridgehead atoms. The van der Waals surface area contributed by atoms with E-state index in [0.717, 1.165) is 23.5 Å². The molecule has 0 radical (unpaired) electrons. The first-order valence-electron chi connectivity index (χ1n) is 20.5. The molecule has 0 aromatic heterocycles. The Kier molecular flexibility index (Phi) is 7.36. The first-order valence-corrected chi connectivity index (χ1v) is 20.5. The predicted molar refractivity (Wildman–Crippen MR) is 238 cm³/mol. The lowest BCUT2D eigenvalue weighted by molar-refractivity contribution is 0.633. The van der Waals surface area contributed by atoms with Crippen LogP contribution in [-0.4, -0.2) is 18.8 Å². The minimum atomic E-state index is -0.554. The molecule has 1 heterocycles. The van der Waals surface area contributed by atoms with E-state index in [1.807, 2.05) is 0 Å². The van der Waals surface area contributed by atoms with Gasteiger partial charge < -0.3 is 5.32 Å². The second-order valence-electron chi connectivity index (χ2n) is 16.1. The van der Waals surface area contributed by atoms with E-state index in [1.165, 1.54) is 77.9 Å². The summed E-state index contributed by atoms with van der Waals surface area (Å²) < 4.78 is 0. The quantitative estimate of drug-likeness (QED) is 0.192. The van der Waals surface area contributed by atoms with E-state index in [2.05, 4.69) is 212 Å². The van der Waals surface area contributed by atoms with Gasteiger partial charge in [-0.2, -0.15) is 0 Å². The van der Waals surface area contributed by atoms with Crippen LogP contribution in [0.3, 0.4) is 0 Å². The van der Waals surface area contributed by atoms with Crippen LogP contribution >= 0.6 is 0 Å². The molecule has 8 aromatic carbocycles. The zero-order chi connectivity index (χ0) is 38.3. The molecular formula is C56H40N2. The summed E-state index contributed by atoms with van der Waals surface area (Å²) >= 11 is 0. The van der Waals surface area contributed by atoms with Crippen molar-refractivity contribution in [3.05, 3.63) is 267 Å². The van der Waals surface area contributed by atoms with Crippen LogP contribution in [0.4, 0.5) is 0 Å². The molecule has 1 unspecified atom stereocenters. The molecule has 12 rings (SSSR count). The molecule has 0 saturated carbocycles. The number of nitrogens with zero attached hydrogens (tertiary/aromatic N) is 1. The molecular weight excluding hydrogens is 701 g/mol. The Balaban J connectivity index is 1.17. The van der Waals surface area contributed by atoms with E-state index in [1.54, 1.807) is 0 Å². The Morgan fingerprint density at radius 1 is 0.397 bits per heavy atom. The van der Waals surface area contributed by atoms with Crippen LogP contribution in [0.2, 0.25) is 0 Å². The molecule has 1 aliphatic heterocycles. The van der Waals surface area contributed by atoms with Gasteiger partial charge in [-0.3, -0.25) is 4.99 Å². The average molecular weight is 741 g/mol. The largest absolute Gasteiger partial charge is 0.310 e. The summed E-state index contributed by atoms with van der Waals surface area (Å²) in [5.41, 5.74) is 20.6. The van der Waals surface area contributed by atoms with Crippen molar-refractivity contribution in [3.8, 4) is 22.3 Å². The molecule has 2 spiro atoms. The first-order chi connectivity index (χ1) is 28.8. The van der Waals surface area contributed by atoms with Crippen LogP contribution in [0, 0.1) is 0 Å². The van der Waals surface area contributed by atoms with Crippen LogP contribution < -0.4 is 5.32 Å². The van der Waals surface area contributed by atoms with E-state index >= 15 is 0 Å². The minimum Gasteiger partial charge on any atom is -0.310 e. The molecule has 2 nitrogen and oxygen atoms in total. The van der Waals surface area contributed by atoms with Crippen molar-refractivity contribution in [1.82, 2.24) is 5.32 Å². The molecule has 2 heteroatoms. The summed E-state index contributed by atoms with van der Waals surface area (Å²) in [6, 6.07) is 74.6. The first kappa shape index (κ1) is 33.3. The van der Waals surface area contributed by atoms with Gasteiger partial charge in [-0.25, -0.2) is 0 Å². The van der Waals surface area contributed by atoms with Gasteiger partial charge >= 0.3 is 0 Å². The molecule has 1 atom stereocenters. The molecule has 4 aliphatic rings. The topological polar surface area (TPSA) is 24.4 Å². The molecule has 8 aromatic rings. The predicted octanol–water partition coefficient (Wildman–Crippen LogP) is 11.9. The summed E-state index contributed by atoms with van der Waals surface area (Å²) in [6.45, 7) is 1.51. The van der Waals surface area contributed by atoms with Crippen molar-refractivity contribution in [2.45, 2.75) is 16.7 Å². The molecule has 58 heavy (non-hydrogen) atoms. The Bertz CT molecular complexity index is 2890. The van der Waals surface area contributed by atoms with Crippen molar-refractivity contribution >= 4 is 11.4 Å². The lowest BCUT2D eigenvalue weighted by Gasteiger charge is -2.48. The number of hydrogen-bond donors (Lipinski definition) is 1. The third kappa shape index (κ3) is 4.44. The zero-order valence-corrected chi connectivity index (χ0v) is 32.1. The summed E-state index contributed by atoms with van der Waals surface area (Å²) in [4.78, 5) is 5.65. The summed E-state index contributed by atoms with van der Waals surface area (Å²) in [5.74, 6) is 0.150. The Hall–Kier alpha value is -6.87. The smallest absolute Gasteiger partial charge is 0.0720 e. The molecule has 0 fully saturated rings. The standard InChI is InChI=1S/C56H40N2/c1-3-18-37(19-4-1)39-34-52(58-53(36-57-35-39)38-20-5-2-6-21-38)43-25-17-33-51-54(43)42-24-9-12-28-46(42)56(51)49-31-15-13-29-47(49)55(48-30-14-16-32-50(48)56)44-26-10-7-22-40(44)41-23-8-11-27-45(41)55/h1-34,39,57H,35-36H2. The highest BCUT2D eigenvalue weighted by atomic mass is 14.9. The van der Waals surface area contributed by atoms with Gasteiger partial charge in [-0.15, -0.1) is 0 Å². The third-order valence-corrected chi connectivity index (χ3v) is 13.4. The summed E-state index contributed by atoms with van der Waals surface area (Å²) in [7, 11) is 0. The second kappa shape index (κ2) is 12.8. The number of benzene rings is 8. The number of hydrogen-bond acceptors (Lipinski definition) is 2. The third-order valence-electron chi connectivity index (χ3n) is 13.4. The Labute approximate surface area is 339 Å². The molecule has 3 aliphatic carbocycles. The van der Waals surface area contributed by atoms with Crippen LogP contribution in [0.5, 0.6) is 0 Å². The van der Waals surface area contributed by atoms with Crippen molar-refractivity contribution in [3.63, 3.8) is 0 Å². The number of aliphatic imine (C=N–C) groups is 1. The normalized spacial score (nSPS) is 17.4. The van der Waals surface area contributed by atoms with Gasteiger partial charge in [0.1, 0.15) is 0 Å². The molecule has 274 valence electrons. The number of nitrogens with one attached hydrogen (secondary N) is 1. The summed E-state index contributed by atoms with van der Waals surface area (Å²) in [5, 5.41) is 3.76. The average Bonchev–Trinajstić information content (AvgIpc) is 3.75. The van der Waals surface area contributed by atoms with Crippen molar-refractivity contribution in [2.75, 3.05) is 13.1 Å². The van der Waals surface area contributed by atoms with Gasteiger partial charge in [-0.05, 0) is 84.0 Å². The highest BCUT2D eigenvalue weighted by Crippen LogP contribution is 2.67. The fourth-order valence-corrected chi connectivity index (χ4v) is 11.2. The maximum Gasteiger partial charge on any atom is 0.0720 e. The van der Waals surface area contributed by atoms with Gasteiger partial charge in [0.25, 0.3) is 0 Å². The number of fused-ring (bicyclic) bond motifs is 16. The van der Waals surface area contributed by atoms with E-state index in [4.69, 9.17) is 4.99 Å². The maximum absolute atomic E-state index is 5.65. The van der Waals surface area contributed by atoms with E-state index in [0.29, 0.717) is 6.54 Å². The lowest BCUT2D eigenvalue weighted by Crippen LogP contribution is -2.43. The van der Waals surface area contributed by atoms with Crippen LogP contribution in [0.25, 0.3) is 28.0 Å². The van der Waals surface area contributed by atoms with E-state index in [-0.39, 0.29) is 5.92 Å². The van der Waals surface area contributed by atoms with E-state index in [9.17, 15) is 0 Å². The molecule has 0 saturated heterocycles. The van der Waals surface area contributed by atoms with Crippen molar-refractivity contribution < 1.29 is 0 Å². The fourth-order valence-electron chi connectivity index (χ4n) is 11.2. The summed E-state index contributed by atoms with van der Waals surface area (Å²) in [6.07, 6.45) is 2.41.